The SMILES string of the molecule is CC(=O)C1=NN(c2ccc(C)c(C)c2)[C@@H](c2cc(Cl)ccc2OCc2ccccc2)N1Cc1ccccc1. The first-order valence-corrected chi connectivity index (χ1v) is 13.0. The minimum absolute atomic E-state index is 0.106. The minimum Gasteiger partial charge on any atom is -0.488 e. The number of amidine groups is 1. The predicted molar refractivity (Wildman–Crippen MR) is 153 cm³/mol. The average molecular weight is 524 g/mol. The fourth-order valence-electron chi connectivity index (χ4n) is 4.63. The highest BCUT2D eigenvalue weighted by molar-refractivity contribution is 6.38. The van der Waals surface area contributed by atoms with Gasteiger partial charge in [-0.2, -0.15) is 0 Å². The van der Waals surface area contributed by atoms with Crippen molar-refractivity contribution in [2.75, 3.05) is 5.01 Å². The number of carbonyl (C=O) groups is 1. The Labute approximate surface area is 228 Å². The van der Waals surface area contributed by atoms with Crippen molar-refractivity contribution in [1.29, 1.82) is 0 Å². The standard InChI is InChI=1S/C32H30ClN3O2/c1-22-14-16-28(18-23(22)2)36-32(35(31(34-36)24(3)37)20-25-10-6-4-7-11-25)29-19-27(33)15-17-30(29)38-21-26-12-8-5-9-13-26/h4-19,32H,20-21H2,1-3H3/t32-/m0/s1. The lowest BCUT2D eigenvalue weighted by Gasteiger charge is -2.33. The summed E-state index contributed by atoms with van der Waals surface area (Å²) in [5.74, 6) is 0.979. The van der Waals surface area contributed by atoms with E-state index < -0.39 is 6.17 Å². The molecule has 0 bridgehead atoms. The van der Waals surface area contributed by atoms with Crippen LogP contribution in [-0.4, -0.2) is 16.5 Å². The van der Waals surface area contributed by atoms with Crippen LogP contribution in [0.15, 0.2) is 102 Å². The lowest BCUT2D eigenvalue weighted by atomic mass is 10.1. The van der Waals surface area contributed by atoms with Crippen LogP contribution in [-0.2, 0) is 17.9 Å². The van der Waals surface area contributed by atoms with Crippen molar-refractivity contribution in [3.8, 4) is 5.75 Å². The van der Waals surface area contributed by atoms with E-state index in [-0.39, 0.29) is 5.78 Å². The number of anilines is 1. The largest absolute Gasteiger partial charge is 0.488 e. The molecule has 6 heteroatoms. The van der Waals surface area contributed by atoms with Gasteiger partial charge in [-0.25, -0.2) is 5.01 Å². The number of benzene rings is 4. The molecule has 1 aliphatic heterocycles. The number of hydrogen-bond donors (Lipinski definition) is 0. The molecule has 0 N–H and O–H groups in total. The maximum absolute atomic E-state index is 12.9. The molecule has 192 valence electrons. The topological polar surface area (TPSA) is 45.1 Å². The quantitative estimate of drug-likeness (QED) is 0.240. The Morgan fingerprint density at radius 3 is 2.21 bits per heavy atom. The van der Waals surface area contributed by atoms with Crippen molar-refractivity contribution >= 4 is 28.9 Å². The van der Waals surface area contributed by atoms with Gasteiger partial charge in [-0.1, -0.05) is 78.3 Å². The maximum atomic E-state index is 12.9. The van der Waals surface area contributed by atoms with E-state index in [0.717, 1.165) is 27.9 Å². The van der Waals surface area contributed by atoms with E-state index in [1.54, 1.807) is 6.92 Å². The molecule has 0 unspecified atom stereocenters. The third kappa shape index (κ3) is 5.43. The summed E-state index contributed by atoms with van der Waals surface area (Å²) < 4.78 is 6.36. The van der Waals surface area contributed by atoms with Gasteiger partial charge >= 0.3 is 0 Å². The van der Waals surface area contributed by atoms with Crippen LogP contribution in [0.5, 0.6) is 5.75 Å². The first kappa shape index (κ1) is 25.6. The van der Waals surface area contributed by atoms with E-state index in [1.165, 1.54) is 5.56 Å². The van der Waals surface area contributed by atoms with Gasteiger partial charge in [-0.3, -0.25) is 4.79 Å². The molecule has 0 amide bonds. The van der Waals surface area contributed by atoms with Gasteiger partial charge in [0.05, 0.1) is 5.69 Å². The number of hydrazone groups is 1. The molecule has 0 radical (unpaired) electrons. The number of hydrogen-bond acceptors (Lipinski definition) is 5. The normalized spacial score (nSPS) is 14.9. The van der Waals surface area contributed by atoms with E-state index >= 15 is 0 Å². The zero-order valence-electron chi connectivity index (χ0n) is 21.8. The molecule has 0 saturated carbocycles. The van der Waals surface area contributed by atoms with Gasteiger partial charge < -0.3 is 9.64 Å². The van der Waals surface area contributed by atoms with E-state index in [1.807, 2.05) is 82.7 Å². The molecule has 1 aliphatic rings. The summed E-state index contributed by atoms with van der Waals surface area (Å²) in [5, 5.41) is 7.38. The highest BCUT2D eigenvalue weighted by Gasteiger charge is 2.40. The molecule has 0 saturated heterocycles. The molecule has 0 fully saturated rings. The van der Waals surface area contributed by atoms with Crippen LogP contribution in [0.2, 0.25) is 5.02 Å². The first-order valence-electron chi connectivity index (χ1n) is 12.6. The highest BCUT2D eigenvalue weighted by atomic mass is 35.5. The smallest absolute Gasteiger partial charge is 0.196 e. The van der Waals surface area contributed by atoms with Crippen LogP contribution >= 0.6 is 11.6 Å². The zero-order chi connectivity index (χ0) is 26.6. The predicted octanol–water partition coefficient (Wildman–Crippen LogP) is 7.46. The van der Waals surface area contributed by atoms with E-state index in [4.69, 9.17) is 21.4 Å². The second-order valence-corrected chi connectivity index (χ2v) is 9.97. The van der Waals surface area contributed by atoms with Crippen molar-refractivity contribution in [2.24, 2.45) is 5.10 Å². The Morgan fingerprint density at radius 2 is 1.55 bits per heavy atom. The third-order valence-corrected chi connectivity index (χ3v) is 6.99. The second-order valence-electron chi connectivity index (χ2n) is 9.54. The van der Waals surface area contributed by atoms with Crippen molar-refractivity contribution in [2.45, 2.75) is 40.1 Å². The van der Waals surface area contributed by atoms with Crippen molar-refractivity contribution in [3.63, 3.8) is 0 Å². The van der Waals surface area contributed by atoms with Crippen LogP contribution in [0.3, 0.4) is 0 Å². The van der Waals surface area contributed by atoms with E-state index in [0.29, 0.717) is 29.8 Å². The third-order valence-electron chi connectivity index (χ3n) is 6.75. The maximum Gasteiger partial charge on any atom is 0.196 e. The monoisotopic (exact) mass is 523 g/mol. The van der Waals surface area contributed by atoms with Gasteiger partial charge in [0.15, 0.2) is 17.8 Å². The van der Waals surface area contributed by atoms with Crippen LogP contribution < -0.4 is 9.75 Å². The molecule has 5 nitrogen and oxygen atoms in total. The molecule has 1 atom stereocenters. The second kappa shape index (κ2) is 11.1. The molecular formula is C32H30ClN3O2. The van der Waals surface area contributed by atoms with E-state index in [2.05, 4.69) is 38.1 Å². The Hall–Kier alpha value is -4.09. The number of nitrogens with zero attached hydrogens (tertiary/aromatic N) is 3. The van der Waals surface area contributed by atoms with Crippen molar-refractivity contribution < 1.29 is 9.53 Å². The lowest BCUT2D eigenvalue weighted by Crippen LogP contribution is -2.37. The van der Waals surface area contributed by atoms with Gasteiger partial charge in [0.1, 0.15) is 12.4 Å². The van der Waals surface area contributed by atoms with Gasteiger partial charge in [0, 0.05) is 24.1 Å². The first-order chi connectivity index (χ1) is 18.4. The number of ketones is 1. The van der Waals surface area contributed by atoms with Crippen molar-refractivity contribution in [1.82, 2.24) is 4.90 Å². The summed E-state index contributed by atoms with van der Waals surface area (Å²) in [6.07, 6.45) is -0.444. The number of Topliss-reactive ketones (excluding diaryl/α,β-unsaturated/α-hetero) is 1. The molecule has 1 heterocycles. The van der Waals surface area contributed by atoms with Gasteiger partial charge in [0.2, 0.25) is 0 Å². The summed E-state index contributed by atoms with van der Waals surface area (Å²) in [5.41, 5.74) is 6.20. The average Bonchev–Trinajstić information content (AvgIpc) is 3.30. The number of rotatable bonds is 8. The zero-order valence-corrected chi connectivity index (χ0v) is 22.5. The molecule has 4 aromatic rings. The molecule has 0 aliphatic carbocycles. The van der Waals surface area contributed by atoms with Crippen LogP contribution in [0.25, 0.3) is 0 Å². The Balaban J connectivity index is 1.62. The number of halogens is 1. The number of ether oxygens (including phenoxy) is 1. The molecule has 5 rings (SSSR count). The molecular weight excluding hydrogens is 494 g/mol. The fraction of sp³-hybridized carbons (Fsp3) is 0.188. The van der Waals surface area contributed by atoms with Crippen molar-refractivity contribution in [3.05, 3.63) is 130 Å². The number of carbonyl (C=O) groups excluding carboxylic acids is 1. The minimum atomic E-state index is -0.444. The summed E-state index contributed by atoms with van der Waals surface area (Å²) in [4.78, 5) is 15.0. The fourth-order valence-corrected chi connectivity index (χ4v) is 4.81. The number of aryl methyl sites for hydroxylation is 2. The molecule has 38 heavy (non-hydrogen) atoms. The van der Waals surface area contributed by atoms with Gasteiger partial charge in [-0.05, 0) is 66.4 Å². The summed E-state index contributed by atoms with van der Waals surface area (Å²) in [7, 11) is 0. The van der Waals surface area contributed by atoms with Gasteiger partial charge in [0.25, 0.3) is 0 Å². The Morgan fingerprint density at radius 1 is 0.868 bits per heavy atom. The Kier molecular flexibility index (Phi) is 7.47. The van der Waals surface area contributed by atoms with Gasteiger partial charge in [-0.15, -0.1) is 5.10 Å². The molecule has 4 aromatic carbocycles. The summed E-state index contributed by atoms with van der Waals surface area (Å²) >= 11 is 6.56. The van der Waals surface area contributed by atoms with Crippen LogP contribution in [0.4, 0.5) is 5.69 Å². The molecule has 0 spiro atoms. The van der Waals surface area contributed by atoms with Crippen LogP contribution in [0.1, 0.15) is 40.9 Å². The summed E-state index contributed by atoms with van der Waals surface area (Å²) in [6.45, 7) is 6.62. The van der Waals surface area contributed by atoms with E-state index in [9.17, 15) is 4.79 Å². The highest BCUT2D eigenvalue weighted by Crippen LogP contribution is 2.42. The molecule has 0 aromatic heterocycles. The summed E-state index contributed by atoms with van der Waals surface area (Å²) in [6, 6.07) is 32.0. The Bertz CT molecular complexity index is 1470. The van der Waals surface area contributed by atoms with Crippen LogP contribution in [0, 0.1) is 13.8 Å². The lowest BCUT2D eigenvalue weighted by molar-refractivity contribution is -0.111.